The third kappa shape index (κ3) is 8.66. The molecule has 0 aliphatic carbocycles. The van der Waals surface area contributed by atoms with Gasteiger partial charge in [0.25, 0.3) is 8.48 Å². The topological polar surface area (TPSA) is 30.5 Å². The minimum absolute atomic E-state index is 1.04. The van der Waals surface area contributed by atoms with Crippen molar-refractivity contribution in [2.24, 2.45) is 0 Å². The van der Waals surface area contributed by atoms with Gasteiger partial charge in [-0.2, -0.15) is 0 Å². The highest BCUT2D eigenvalue weighted by Gasteiger charge is 2.37. The van der Waals surface area contributed by atoms with E-state index >= 15 is 0 Å². The summed E-state index contributed by atoms with van der Waals surface area (Å²) < 4.78 is 12.5. The summed E-state index contributed by atoms with van der Waals surface area (Å²) in [6.07, 6.45) is 1.15. The van der Waals surface area contributed by atoms with E-state index in [-0.39, 0.29) is 0 Å². The molecule has 0 unspecified atom stereocenters. The van der Waals surface area contributed by atoms with Crippen molar-refractivity contribution in [3.8, 4) is 0 Å². The minimum atomic E-state index is -1.96. The van der Waals surface area contributed by atoms with Gasteiger partial charge in [0.05, 0.1) is 0 Å². The minimum Gasteiger partial charge on any atom is -0.437 e. The van der Waals surface area contributed by atoms with Crippen molar-refractivity contribution in [3.63, 3.8) is 0 Å². The average molecular weight is 280 g/mol. The summed E-state index contributed by atoms with van der Waals surface area (Å²) in [5.41, 5.74) is 0. The Labute approximate surface area is 105 Å². The third-order valence-corrected chi connectivity index (χ3v) is 11.4. The third-order valence-electron chi connectivity index (χ3n) is 1.85. The van der Waals surface area contributed by atoms with Crippen LogP contribution >= 0.6 is 0 Å². The zero-order valence-electron chi connectivity index (χ0n) is 12.2. The van der Waals surface area contributed by atoms with E-state index in [0.717, 1.165) is 13.0 Å². The van der Waals surface area contributed by atoms with Crippen molar-refractivity contribution in [3.05, 3.63) is 0 Å². The summed E-state index contributed by atoms with van der Waals surface area (Å²) in [6, 6.07) is 0. The van der Waals surface area contributed by atoms with E-state index in [2.05, 4.69) is 57.7 Å². The highest BCUT2D eigenvalue weighted by molar-refractivity contribution is 6.86. The van der Waals surface area contributed by atoms with E-state index in [4.69, 9.17) is 8.23 Å². The predicted octanol–water partition coefficient (Wildman–Crippen LogP) is 3.26. The highest BCUT2D eigenvalue weighted by atomic mass is 28.5. The molecule has 0 heterocycles. The van der Waals surface area contributed by atoms with Crippen molar-refractivity contribution in [2.75, 3.05) is 6.54 Å². The van der Waals surface area contributed by atoms with Crippen LogP contribution in [-0.4, -0.2) is 31.9 Å². The molecule has 0 rings (SSSR count). The quantitative estimate of drug-likeness (QED) is 0.726. The van der Waals surface area contributed by atoms with Gasteiger partial charge >= 0.3 is 8.56 Å². The second-order valence-electron chi connectivity index (χ2n) is 6.15. The Hall–Kier alpha value is 0.531. The molecule has 0 atom stereocenters. The molecule has 0 aromatic rings. The molecule has 98 valence electrons. The smallest absolute Gasteiger partial charge is 0.312 e. The summed E-state index contributed by atoms with van der Waals surface area (Å²) in [5, 5.41) is 0. The lowest BCUT2D eigenvalue weighted by molar-refractivity contribution is 0.385. The van der Waals surface area contributed by atoms with Gasteiger partial charge in [-0.3, -0.25) is 0 Å². The largest absolute Gasteiger partial charge is 0.437 e. The lowest BCUT2D eigenvalue weighted by Gasteiger charge is -2.37. The van der Waals surface area contributed by atoms with E-state index in [0.29, 0.717) is 0 Å². The Balaban J connectivity index is 4.33. The second-order valence-corrected chi connectivity index (χ2v) is 18.2. The Morgan fingerprint density at radius 2 is 1.38 bits per heavy atom. The van der Waals surface area contributed by atoms with Crippen LogP contribution in [0.15, 0.2) is 0 Å². The molecule has 3 nitrogen and oxygen atoms in total. The summed E-state index contributed by atoms with van der Waals surface area (Å²) >= 11 is 0. The van der Waals surface area contributed by atoms with Gasteiger partial charge < -0.3 is 13.2 Å². The Kier molecular flexibility index (Phi) is 6.12. The molecule has 6 heteroatoms. The first-order valence-electron chi connectivity index (χ1n) is 6.13. The maximum Gasteiger partial charge on any atom is 0.312 e. The van der Waals surface area contributed by atoms with E-state index in [1.807, 2.05) is 0 Å². The first-order valence-corrected chi connectivity index (χ1v) is 15.3. The molecule has 1 N–H and O–H groups in total. The molecule has 0 aromatic carbocycles. The van der Waals surface area contributed by atoms with Gasteiger partial charge in [-0.1, -0.05) is 6.92 Å². The lowest BCUT2D eigenvalue weighted by Crippen LogP contribution is -2.58. The lowest BCUT2D eigenvalue weighted by atomic mass is 10.5. The van der Waals surface area contributed by atoms with Crippen LogP contribution in [0, 0.1) is 0 Å². The molecular weight excluding hydrogens is 250 g/mol. The summed E-state index contributed by atoms with van der Waals surface area (Å²) in [7, 11) is -5.21. The average Bonchev–Trinajstić information content (AvgIpc) is 1.93. The van der Waals surface area contributed by atoms with Gasteiger partial charge in [0.15, 0.2) is 8.32 Å². The van der Waals surface area contributed by atoms with Gasteiger partial charge in [0.2, 0.25) is 0 Å². The van der Waals surface area contributed by atoms with Gasteiger partial charge in [-0.25, -0.2) is 0 Å². The van der Waals surface area contributed by atoms with Crippen molar-refractivity contribution in [1.29, 1.82) is 0 Å². The van der Waals surface area contributed by atoms with Crippen molar-refractivity contribution < 1.29 is 8.23 Å². The second kappa shape index (κ2) is 5.92. The number of nitrogens with one attached hydrogen (secondary N) is 1. The van der Waals surface area contributed by atoms with E-state index in [1.54, 1.807) is 0 Å². The van der Waals surface area contributed by atoms with Crippen LogP contribution in [0.25, 0.3) is 0 Å². The first kappa shape index (κ1) is 16.5. The zero-order valence-corrected chi connectivity index (χ0v) is 15.2. The first-order chi connectivity index (χ1) is 6.97. The van der Waals surface area contributed by atoms with Gasteiger partial charge in [-0.05, 0) is 58.8 Å². The molecule has 0 aliphatic heterocycles. The van der Waals surface area contributed by atoms with Crippen molar-refractivity contribution in [2.45, 2.75) is 59.2 Å². The molecule has 0 radical (unpaired) electrons. The van der Waals surface area contributed by atoms with Gasteiger partial charge in [0, 0.05) is 0 Å². The maximum absolute atomic E-state index is 6.28. The predicted molar refractivity (Wildman–Crippen MR) is 78.8 cm³/mol. The van der Waals surface area contributed by atoms with Crippen LogP contribution < -0.4 is 4.98 Å². The monoisotopic (exact) mass is 279 g/mol. The zero-order chi connectivity index (χ0) is 13.0. The van der Waals surface area contributed by atoms with Crippen molar-refractivity contribution >= 4 is 25.4 Å². The fourth-order valence-corrected chi connectivity index (χ4v) is 14.3. The van der Waals surface area contributed by atoms with E-state index < -0.39 is 25.4 Å². The van der Waals surface area contributed by atoms with Gasteiger partial charge in [-0.15, -0.1) is 0 Å². The molecule has 0 amide bonds. The van der Waals surface area contributed by atoms with Crippen LogP contribution in [-0.2, 0) is 8.23 Å². The normalized spacial score (nSPS) is 14.2. The van der Waals surface area contributed by atoms with Crippen LogP contribution in [0.2, 0.25) is 45.8 Å². The van der Waals surface area contributed by atoms with Crippen LogP contribution in [0.5, 0.6) is 0 Å². The maximum atomic E-state index is 6.28. The highest BCUT2D eigenvalue weighted by Crippen LogP contribution is 2.18. The van der Waals surface area contributed by atoms with Gasteiger partial charge in [0.1, 0.15) is 0 Å². The molecule has 0 aliphatic rings. The molecule has 0 saturated carbocycles. The molecule has 0 saturated heterocycles. The van der Waals surface area contributed by atoms with E-state index in [9.17, 15) is 0 Å². The summed E-state index contributed by atoms with van der Waals surface area (Å²) in [4.78, 5) is 3.54. The number of rotatable bonds is 7. The molecule has 16 heavy (non-hydrogen) atoms. The van der Waals surface area contributed by atoms with Crippen LogP contribution in [0.4, 0.5) is 0 Å². The summed E-state index contributed by atoms with van der Waals surface area (Å²) in [6.45, 7) is 18.6. The van der Waals surface area contributed by atoms with Crippen molar-refractivity contribution in [1.82, 2.24) is 4.98 Å². The molecule has 0 fully saturated rings. The van der Waals surface area contributed by atoms with E-state index in [1.165, 1.54) is 0 Å². The standard InChI is InChI=1S/C10H29NO2Si3/c1-9-10-11-15(5,6)13-16(7,8)12-14(2,3)4/h11H,9-10H2,1-8H3. The SMILES string of the molecule is CCCN[Si](C)(C)O[Si](C)(C)O[Si](C)(C)C. The molecule has 0 spiro atoms. The fourth-order valence-electron chi connectivity index (χ4n) is 1.83. The number of hydrogen-bond acceptors (Lipinski definition) is 3. The molecular formula is C10H29NO2Si3. The van der Waals surface area contributed by atoms with Crippen LogP contribution in [0.1, 0.15) is 13.3 Å². The Bertz CT molecular complexity index is 215. The van der Waals surface area contributed by atoms with Crippen LogP contribution in [0.3, 0.4) is 0 Å². The summed E-state index contributed by atoms with van der Waals surface area (Å²) in [5.74, 6) is 0. The number of hydrogen-bond donors (Lipinski definition) is 1. The Morgan fingerprint density at radius 3 is 1.75 bits per heavy atom. The Morgan fingerprint density at radius 1 is 0.875 bits per heavy atom. The molecule has 0 aromatic heterocycles. The molecule has 0 bridgehead atoms. The fraction of sp³-hybridized carbons (Fsp3) is 1.00.